The molecule has 0 aromatic carbocycles. The third kappa shape index (κ3) is 3.47. The van der Waals surface area contributed by atoms with Crippen LogP contribution in [-0.2, 0) is 0 Å². The second-order valence-electron chi connectivity index (χ2n) is 3.95. The average molecular weight is 272 g/mol. The molecule has 1 rings (SSSR count). The van der Waals surface area contributed by atoms with Gasteiger partial charge in [-0.15, -0.1) is 0 Å². The lowest BCUT2D eigenvalue weighted by atomic mass is 10.2. The van der Waals surface area contributed by atoms with E-state index >= 15 is 0 Å². The SMILES string of the molecule is Cc1ccnc(N(C)CCC(C)N)c1Br. The van der Waals surface area contributed by atoms with Crippen molar-refractivity contribution < 1.29 is 0 Å². The third-order valence-corrected chi connectivity index (χ3v) is 3.33. The van der Waals surface area contributed by atoms with E-state index in [0.29, 0.717) is 0 Å². The van der Waals surface area contributed by atoms with E-state index in [4.69, 9.17) is 5.73 Å². The molecule has 0 amide bonds. The van der Waals surface area contributed by atoms with Gasteiger partial charge >= 0.3 is 0 Å². The fraction of sp³-hybridized carbons (Fsp3) is 0.545. The summed E-state index contributed by atoms with van der Waals surface area (Å²) in [6.45, 7) is 5.01. The van der Waals surface area contributed by atoms with Crippen molar-refractivity contribution in [2.24, 2.45) is 5.73 Å². The molecular weight excluding hydrogens is 254 g/mol. The molecule has 1 aromatic heterocycles. The van der Waals surface area contributed by atoms with Gasteiger partial charge in [0, 0.05) is 25.8 Å². The molecule has 0 bridgehead atoms. The molecule has 0 fully saturated rings. The van der Waals surface area contributed by atoms with Gasteiger partial charge in [0.15, 0.2) is 0 Å². The Kier molecular flexibility index (Phi) is 4.54. The smallest absolute Gasteiger partial charge is 0.142 e. The Hall–Kier alpha value is -0.610. The standard InChI is InChI=1S/C11H18BrN3/c1-8-4-6-14-11(10(8)12)15(3)7-5-9(2)13/h4,6,9H,5,7,13H2,1-3H3. The lowest BCUT2D eigenvalue weighted by molar-refractivity contribution is 0.656. The van der Waals surface area contributed by atoms with Crippen molar-refractivity contribution in [2.45, 2.75) is 26.3 Å². The normalized spacial score (nSPS) is 12.6. The Bertz CT molecular complexity index is 326. The quantitative estimate of drug-likeness (QED) is 0.914. The summed E-state index contributed by atoms with van der Waals surface area (Å²) < 4.78 is 1.07. The summed E-state index contributed by atoms with van der Waals surface area (Å²) in [5, 5.41) is 0. The lowest BCUT2D eigenvalue weighted by Crippen LogP contribution is -2.26. The average Bonchev–Trinajstić information content (AvgIpc) is 2.18. The van der Waals surface area contributed by atoms with Crippen LogP contribution in [0.4, 0.5) is 5.82 Å². The van der Waals surface area contributed by atoms with Crippen molar-refractivity contribution in [3.63, 3.8) is 0 Å². The van der Waals surface area contributed by atoms with Crippen LogP contribution in [0.2, 0.25) is 0 Å². The second-order valence-corrected chi connectivity index (χ2v) is 4.75. The molecular formula is C11H18BrN3. The number of aromatic nitrogens is 1. The number of nitrogens with two attached hydrogens (primary N) is 1. The summed E-state index contributed by atoms with van der Waals surface area (Å²) in [6.07, 6.45) is 2.80. The zero-order chi connectivity index (χ0) is 11.4. The molecule has 15 heavy (non-hydrogen) atoms. The van der Waals surface area contributed by atoms with Crippen LogP contribution in [0, 0.1) is 6.92 Å². The van der Waals surface area contributed by atoms with Crippen molar-refractivity contribution in [1.82, 2.24) is 4.98 Å². The van der Waals surface area contributed by atoms with E-state index in [0.717, 1.165) is 23.3 Å². The van der Waals surface area contributed by atoms with Crippen LogP contribution in [0.1, 0.15) is 18.9 Å². The maximum atomic E-state index is 5.73. The van der Waals surface area contributed by atoms with Crippen LogP contribution in [0.15, 0.2) is 16.7 Å². The Morgan fingerprint density at radius 2 is 2.27 bits per heavy atom. The number of halogens is 1. The first-order valence-corrected chi connectivity index (χ1v) is 5.89. The molecule has 84 valence electrons. The molecule has 4 heteroatoms. The van der Waals surface area contributed by atoms with E-state index in [1.54, 1.807) is 0 Å². The lowest BCUT2D eigenvalue weighted by Gasteiger charge is -2.21. The predicted octanol–water partition coefficient (Wildman–Crippen LogP) is 2.33. The van der Waals surface area contributed by atoms with E-state index in [2.05, 4.69) is 32.7 Å². The van der Waals surface area contributed by atoms with Gasteiger partial charge in [-0.2, -0.15) is 0 Å². The van der Waals surface area contributed by atoms with E-state index in [-0.39, 0.29) is 6.04 Å². The minimum absolute atomic E-state index is 0.232. The summed E-state index contributed by atoms with van der Waals surface area (Å²) in [5.74, 6) is 0.982. The minimum Gasteiger partial charge on any atom is -0.359 e. The molecule has 0 aliphatic rings. The molecule has 0 saturated heterocycles. The fourth-order valence-electron chi connectivity index (χ4n) is 1.30. The van der Waals surface area contributed by atoms with Crippen LogP contribution < -0.4 is 10.6 Å². The Balaban J connectivity index is 2.73. The first kappa shape index (κ1) is 12.5. The summed E-state index contributed by atoms with van der Waals surface area (Å²) >= 11 is 3.55. The van der Waals surface area contributed by atoms with Crippen LogP contribution in [0.3, 0.4) is 0 Å². The minimum atomic E-state index is 0.232. The molecule has 0 aliphatic heterocycles. The van der Waals surface area contributed by atoms with E-state index in [1.807, 2.05) is 26.2 Å². The number of pyridine rings is 1. The Morgan fingerprint density at radius 3 is 2.87 bits per heavy atom. The molecule has 1 atom stereocenters. The Morgan fingerprint density at radius 1 is 1.60 bits per heavy atom. The van der Waals surface area contributed by atoms with Crippen LogP contribution in [-0.4, -0.2) is 24.6 Å². The van der Waals surface area contributed by atoms with Crippen LogP contribution >= 0.6 is 15.9 Å². The number of hydrogen-bond donors (Lipinski definition) is 1. The van der Waals surface area contributed by atoms with E-state index in [9.17, 15) is 0 Å². The molecule has 3 nitrogen and oxygen atoms in total. The summed E-state index contributed by atoms with van der Waals surface area (Å²) in [7, 11) is 2.04. The van der Waals surface area contributed by atoms with E-state index < -0.39 is 0 Å². The van der Waals surface area contributed by atoms with Gasteiger partial charge in [0.05, 0.1) is 4.47 Å². The topological polar surface area (TPSA) is 42.2 Å². The fourth-order valence-corrected chi connectivity index (χ4v) is 1.83. The van der Waals surface area contributed by atoms with Crippen molar-refractivity contribution in [3.05, 3.63) is 22.3 Å². The maximum Gasteiger partial charge on any atom is 0.142 e. The molecule has 0 saturated carbocycles. The highest BCUT2D eigenvalue weighted by Gasteiger charge is 2.09. The number of hydrogen-bond acceptors (Lipinski definition) is 3. The van der Waals surface area contributed by atoms with Crippen LogP contribution in [0.25, 0.3) is 0 Å². The maximum absolute atomic E-state index is 5.73. The van der Waals surface area contributed by atoms with Crippen molar-refractivity contribution >= 4 is 21.7 Å². The van der Waals surface area contributed by atoms with Gasteiger partial charge in [-0.05, 0) is 47.8 Å². The highest BCUT2D eigenvalue weighted by molar-refractivity contribution is 9.10. The molecule has 1 aromatic rings. The zero-order valence-corrected chi connectivity index (χ0v) is 11.1. The number of rotatable bonds is 4. The molecule has 0 spiro atoms. The summed E-state index contributed by atoms with van der Waals surface area (Å²) in [4.78, 5) is 6.48. The molecule has 1 heterocycles. The predicted molar refractivity (Wildman–Crippen MR) is 68.2 cm³/mol. The van der Waals surface area contributed by atoms with Crippen LogP contribution in [0.5, 0.6) is 0 Å². The van der Waals surface area contributed by atoms with Crippen molar-refractivity contribution in [3.8, 4) is 0 Å². The summed E-state index contributed by atoms with van der Waals surface area (Å²) in [5.41, 5.74) is 6.93. The van der Waals surface area contributed by atoms with Gasteiger partial charge in [-0.1, -0.05) is 0 Å². The third-order valence-electron chi connectivity index (χ3n) is 2.35. The van der Waals surface area contributed by atoms with Gasteiger partial charge in [0.1, 0.15) is 5.82 Å². The van der Waals surface area contributed by atoms with Gasteiger partial charge in [0.2, 0.25) is 0 Å². The highest BCUT2D eigenvalue weighted by atomic mass is 79.9. The van der Waals surface area contributed by atoms with E-state index in [1.165, 1.54) is 5.56 Å². The van der Waals surface area contributed by atoms with Crippen molar-refractivity contribution in [2.75, 3.05) is 18.5 Å². The summed E-state index contributed by atoms with van der Waals surface area (Å²) in [6, 6.07) is 2.23. The second kappa shape index (κ2) is 5.47. The largest absolute Gasteiger partial charge is 0.359 e. The molecule has 1 unspecified atom stereocenters. The number of nitrogens with zero attached hydrogens (tertiary/aromatic N) is 2. The van der Waals surface area contributed by atoms with Crippen molar-refractivity contribution in [1.29, 1.82) is 0 Å². The number of aryl methyl sites for hydroxylation is 1. The number of anilines is 1. The van der Waals surface area contributed by atoms with Gasteiger partial charge in [-0.3, -0.25) is 0 Å². The molecule has 0 radical (unpaired) electrons. The first-order valence-electron chi connectivity index (χ1n) is 5.10. The Labute approximate surface area is 99.8 Å². The zero-order valence-electron chi connectivity index (χ0n) is 9.50. The molecule has 0 aliphatic carbocycles. The van der Waals surface area contributed by atoms with Gasteiger partial charge < -0.3 is 10.6 Å². The first-order chi connectivity index (χ1) is 7.02. The highest BCUT2D eigenvalue weighted by Crippen LogP contribution is 2.25. The van der Waals surface area contributed by atoms with Gasteiger partial charge in [0.25, 0.3) is 0 Å². The monoisotopic (exact) mass is 271 g/mol. The van der Waals surface area contributed by atoms with Gasteiger partial charge in [-0.25, -0.2) is 4.98 Å². The molecule has 2 N–H and O–H groups in total.